The number of ether oxygens (including phenoxy) is 2. The van der Waals surface area contributed by atoms with Gasteiger partial charge in [0.2, 0.25) is 0 Å². The molecular formula is C15H14O4. The van der Waals surface area contributed by atoms with Crippen LogP contribution in [0.5, 0.6) is 0 Å². The molecule has 0 spiro atoms. The van der Waals surface area contributed by atoms with E-state index in [1.807, 2.05) is 30.3 Å². The van der Waals surface area contributed by atoms with Crippen LogP contribution in [0.2, 0.25) is 0 Å². The van der Waals surface area contributed by atoms with Crippen molar-refractivity contribution >= 4 is 11.9 Å². The molecule has 0 aliphatic heterocycles. The number of carbonyl (C=O) groups is 2. The normalized spacial score (nSPS) is 23.8. The van der Waals surface area contributed by atoms with Crippen molar-refractivity contribution in [3.8, 4) is 11.8 Å². The first-order valence-corrected chi connectivity index (χ1v) is 5.92. The largest absolute Gasteiger partial charge is 0.468 e. The Kier molecular flexibility index (Phi) is 3.57. The Morgan fingerprint density at radius 3 is 2.58 bits per heavy atom. The van der Waals surface area contributed by atoms with E-state index in [0.29, 0.717) is 6.42 Å². The molecule has 1 aromatic rings. The molecule has 0 radical (unpaired) electrons. The van der Waals surface area contributed by atoms with Gasteiger partial charge in [-0.05, 0) is 12.1 Å². The molecular weight excluding hydrogens is 244 g/mol. The summed E-state index contributed by atoms with van der Waals surface area (Å²) in [5, 5.41) is 0. The van der Waals surface area contributed by atoms with Gasteiger partial charge in [0.1, 0.15) is 6.10 Å². The lowest BCUT2D eigenvalue weighted by atomic mass is 10.1. The second-order valence-electron chi connectivity index (χ2n) is 4.38. The molecule has 1 saturated carbocycles. The smallest absolute Gasteiger partial charge is 0.328 e. The molecule has 1 aromatic carbocycles. The number of esters is 2. The number of carbonyl (C=O) groups excluding carboxylic acids is 2. The van der Waals surface area contributed by atoms with Crippen molar-refractivity contribution in [1.82, 2.24) is 0 Å². The van der Waals surface area contributed by atoms with E-state index in [1.54, 1.807) is 0 Å². The van der Waals surface area contributed by atoms with Gasteiger partial charge >= 0.3 is 11.9 Å². The van der Waals surface area contributed by atoms with Crippen LogP contribution >= 0.6 is 0 Å². The Hall–Kier alpha value is -2.28. The van der Waals surface area contributed by atoms with Crippen LogP contribution < -0.4 is 0 Å². The number of hydrogen-bond donors (Lipinski definition) is 0. The molecule has 1 fully saturated rings. The fourth-order valence-corrected chi connectivity index (χ4v) is 1.86. The molecule has 19 heavy (non-hydrogen) atoms. The van der Waals surface area contributed by atoms with Gasteiger partial charge in [0.25, 0.3) is 0 Å². The van der Waals surface area contributed by atoms with Crippen LogP contribution in [-0.4, -0.2) is 25.2 Å². The lowest BCUT2D eigenvalue weighted by molar-refractivity contribution is -0.149. The monoisotopic (exact) mass is 258 g/mol. The van der Waals surface area contributed by atoms with Crippen LogP contribution in [0.3, 0.4) is 0 Å². The summed E-state index contributed by atoms with van der Waals surface area (Å²) in [6, 6.07) is 9.32. The van der Waals surface area contributed by atoms with E-state index in [4.69, 9.17) is 9.47 Å². The van der Waals surface area contributed by atoms with E-state index >= 15 is 0 Å². The van der Waals surface area contributed by atoms with E-state index in [0.717, 1.165) is 5.56 Å². The van der Waals surface area contributed by atoms with Gasteiger partial charge in [0, 0.05) is 18.9 Å². The highest BCUT2D eigenvalue weighted by Crippen LogP contribution is 2.49. The highest BCUT2D eigenvalue weighted by Gasteiger charge is 2.63. The van der Waals surface area contributed by atoms with Crippen LogP contribution in [-0.2, 0) is 19.1 Å². The highest BCUT2D eigenvalue weighted by atomic mass is 16.6. The number of rotatable bonds is 2. The third kappa shape index (κ3) is 2.76. The van der Waals surface area contributed by atoms with Gasteiger partial charge in [-0.1, -0.05) is 30.0 Å². The summed E-state index contributed by atoms with van der Waals surface area (Å²) in [6.45, 7) is 1.31. The second kappa shape index (κ2) is 5.15. The van der Waals surface area contributed by atoms with Crippen LogP contribution in [0.15, 0.2) is 30.3 Å². The predicted molar refractivity (Wildman–Crippen MR) is 67.9 cm³/mol. The van der Waals surface area contributed by atoms with Gasteiger partial charge in [0.05, 0.1) is 7.11 Å². The standard InChI is InChI=1S/C15H14O4/c1-11(16)19-13-10-15(13,14(17)18-2)9-8-12-6-4-3-5-7-12/h3-7,13H,10H2,1-2H3/t13-,15-/m1/s1. The van der Waals surface area contributed by atoms with Crippen molar-refractivity contribution in [2.24, 2.45) is 5.41 Å². The molecule has 0 saturated heterocycles. The van der Waals surface area contributed by atoms with Crippen LogP contribution in [0.25, 0.3) is 0 Å². The lowest BCUT2D eigenvalue weighted by Crippen LogP contribution is -2.22. The third-order valence-corrected chi connectivity index (χ3v) is 2.96. The van der Waals surface area contributed by atoms with Crippen LogP contribution in [0.1, 0.15) is 18.9 Å². The molecule has 0 bridgehead atoms. The van der Waals surface area contributed by atoms with E-state index in [-0.39, 0.29) is 0 Å². The highest BCUT2D eigenvalue weighted by molar-refractivity contribution is 5.86. The van der Waals surface area contributed by atoms with E-state index in [9.17, 15) is 9.59 Å². The predicted octanol–water partition coefficient (Wildman–Crippen LogP) is 1.53. The van der Waals surface area contributed by atoms with Crippen LogP contribution in [0, 0.1) is 17.3 Å². The second-order valence-corrected chi connectivity index (χ2v) is 4.38. The molecule has 0 aromatic heterocycles. The maximum atomic E-state index is 11.8. The SMILES string of the molecule is COC(=O)[C@]1(C#Cc2ccccc2)C[C@H]1OC(C)=O. The molecule has 0 amide bonds. The summed E-state index contributed by atoms with van der Waals surface area (Å²) in [5.41, 5.74) is -0.199. The first kappa shape index (κ1) is 13.2. The number of methoxy groups -OCH3 is 1. The minimum Gasteiger partial charge on any atom is -0.468 e. The number of hydrogen-bond acceptors (Lipinski definition) is 4. The van der Waals surface area contributed by atoms with Gasteiger partial charge in [0.15, 0.2) is 5.41 Å². The van der Waals surface area contributed by atoms with Gasteiger partial charge in [-0.25, -0.2) is 0 Å². The molecule has 1 aliphatic carbocycles. The topological polar surface area (TPSA) is 52.6 Å². The minimum absolute atomic E-state index is 0.388. The fraction of sp³-hybridized carbons (Fsp3) is 0.333. The minimum atomic E-state index is -1.00. The van der Waals surface area contributed by atoms with Crippen molar-refractivity contribution in [1.29, 1.82) is 0 Å². The molecule has 4 nitrogen and oxygen atoms in total. The molecule has 0 unspecified atom stereocenters. The molecule has 1 aliphatic rings. The average molecular weight is 258 g/mol. The summed E-state index contributed by atoms with van der Waals surface area (Å²) < 4.78 is 9.79. The summed E-state index contributed by atoms with van der Waals surface area (Å²) >= 11 is 0. The zero-order valence-electron chi connectivity index (χ0n) is 10.8. The molecule has 98 valence electrons. The van der Waals surface area contributed by atoms with Crippen LogP contribution in [0.4, 0.5) is 0 Å². The Morgan fingerprint density at radius 2 is 2.00 bits per heavy atom. The first-order chi connectivity index (χ1) is 9.08. The average Bonchev–Trinajstić information content (AvgIpc) is 3.10. The molecule has 2 rings (SSSR count). The van der Waals surface area contributed by atoms with Crippen molar-refractivity contribution in [3.05, 3.63) is 35.9 Å². The Morgan fingerprint density at radius 1 is 1.32 bits per heavy atom. The Balaban J connectivity index is 2.21. The quantitative estimate of drug-likeness (QED) is 0.596. The maximum Gasteiger partial charge on any atom is 0.328 e. The van der Waals surface area contributed by atoms with Crippen molar-refractivity contribution in [3.63, 3.8) is 0 Å². The molecule has 0 heterocycles. The van der Waals surface area contributed by atoms with Gasteiger partial charge < -0.3 is 9.47 Å². The van der Waals surface area contributed by atoms with E-state index in [1.165, 1.54) is 14.0 Å². The summed E-state index contributed by atoms with van der Waals surface area (Å²) in [5.74, 6) is 4.94. The maximum absolute atomic E-state index is 11.8. The first-order valence-electron chi connectivity index (χ1n) is 5.92. The van der Waals surface area contributed by atoms with E-state index in [2.05, 4.69) is 11.8 Å². The fourth-order valence-electron chi connectivity index (χ4n) is 1.86. The van der Waals surface area contributed by atoms with Gasteiger partial charge in [-0.2, -0.15) is 0 Å². The Labute approximate surface area is 111 Å². The molecule has 0 N–H and O–H groups in total. The summed E-state index contributed by atoms with van der Waals surface area (Å²) in [6.07, 6.45) is -0.118. The molecule has 4 heteroatoms. The van der Waals surface area contributed by atoms with Crippen molar-refractivity contribution in [2.45, 2.75) is 19.4 Å². The van der Waals surface area contributed by atoms with Gasteiger partial charge in [-0.15, -0.1) is 0 Å². The van der Waals surface area contributed by atoms with E-state index < -0.39 is 23.5 Å². The lowest BCUT2D eigenvalue weighted by Gasteiger charge is -2.07. The third-order valence-electron chi connectivity index (χ3n) is 2.96. The van der Waals surface area contributed by atoms with Crippen molar-refractivity contribution < 1.29 is 19.1 Å². The van der Waals surface area contributed by atoms with Crippen molar-refractivity contribution in [2.75, 3.05) is 7.11 Å². The van der Waals surface area contributed by atoms with Gasteiger partial charge in [-0.3, -0.25) is 9.59 Å². The zero-order valence-corrected chi connectivity index (χ0v) is 10.8. The summed E-state index contributed by atoms with van der Waals surface area (Å²) in [7, 11) is 1.30. The number of benzene rings is 1. The zero-order chi connectivity index (χ0) is 13.9. The molecule has 2 atom stereocenters. The summed E-state index contributed by atoms with van der Waals surface area (Å²) in [4.78, 5) is 22.7. The Bertz CT molecular complexity index is 553.